The molecule has 0 spiro atoms. The van der Waals surface area contributed by atoms with Gasteiger partial charge >= 0.3 is 0 Å². The molecule has 0 aliphatic carbocycles. The zero-order chi connectivity index (χ0) is 8.27. The van der Waals surface area contributed by atoms with Crippen molar-refractivity contribution in [2.45, 2.75) is 0 Å². The van der Waals surface area contributed by atoms with E-state index in [0.717, 1.165) is 6.54 Å². The van der Waals surface area contributed by atoms with Gasteiger partial charge in [0.15, 0.2) is 0 Å². The maximum absolute atomic E-state index is 11.1. The van der Waals surface area contributed by atoms with Crippen LogP contribution in [0.5, 0.6) is 0 Å². The first-order valence-corrected chi connectivity index (χ1v) is 3.82. The molecule has 0 bridgehead atoms. The fourth-order valence-corrected chi connectivity index (χ4v) is 1.42. The molecule has 0 aromatic carbocycles. The van der Waals surface area contributed by atoms with Crippen LogP contribution in [0.2, 0.25) is 0 Å². The second kappa shape index (κ2) is 5.35. The highest BCUT2D eigenvalue weighted by Crippen LogP contribution is 2.15. The van der Waals surface area contributed by atoms with Crippen LogP contribution in [0, 0.1) is 11.8 Å². The number of carbonyl (C=O) groups excluding carboxylic acids is 1. The third-order valence-electron chi connectivity index (χ3n) is 2.16. The summed E-state index contributed by atoms with van der Waals surface area (Å²) >= 11 is 0. The molecule has 72 valence electrons. The summed E-state index contributed by atoms with van der Waals surface area (Å²) in [5.41, 5.74) is 0. The minimum Gasteiger partial charge on any atom is -0.396 e. The van der Waals surface area contributed by atoms with E-state index in [-0.39, 0.29) is 36.8 Å². The number of hydrogen-bond donors (Lipinski definition) is 3. The van der Waals surface area contributed by atoms with E-state index in [2.05, 4.69) is 10.6 Å². The van der Waals surface area contributed by atoms with Gasteiger partial charge in [-0.15, -0.1) is 12.4 Å². The van der Waals surface area contributed by atoms with Crippen molar-refractivity contribution in [3.8, 4) is 0 Å². The molecule has 12 heavy (non-hydrogen) atoms. The summed E-state index contributed by atoms with van der Waals surface area (Å²) in [6.45, 7) is 1.52. The molecule has 2 atom stereocenters. The van der Waals surface area contributed by atoms with E-state index in [9.17, 15) is 4.79 Å². The predicted octanol–water partition coefficient (Wildman–Crippen LogP) is -1.02. The highest BCUT2D eigenvalue weighted by atomic mass is 35.5. The Morgan fingerprint density at radius 2 is 2.33 bits per heavy atom. The average molecular weight is 195 g/mol. The van der Waals surface area contributed by atoms with Gasteiger partial charge in [-0.1, -0.05) is 0 Å². The predicted molar refractivity (Wildman–Crippen MR) is 48.3 cm³/mol. The van der Waals surface area contributed by atoms with E-state index in [0.29, 0.717) is 6.54 Å². The van der Waals surface area contributed by atoms with Gasteiger partial charge in [0.2, 0.25) is 5.91 Å². The molecule has 0 saturated carbocycles. The lowest BCUT2D eigenvalue weighted by Gasteiger charge is -2.13. The zero-order valence-electron chi connectivity index (χ0n) is 7.04. The van der Waals surface area contributed by atoms with Crippen LogP contribution in [-0.2, 0) is 4.79 Å². The number of aliphatic hydroxyl groups excluding tert-OH is 1. The molecule has 0 radical (unpaired) electrons. The van der Waals surface area contributed by atoms with Crippen LogP contribution >= 0.6 is 12.4 Å². The summed E-state index contributed by atoms with van der Waals surface area (Å²) in [6.07, 6.45) is 0. The summed E-state index contributed by atoms with van der Waals surface area (Å²) in [7, 11) is 1.62. The molecule has 1 saturated heterocycles. The largest absolute Gasteiger partial charge is 0.396 e. The normalized spacial score (nSPS) is 27.8. The summed E-state index contributed by atoms with van der Waals surface area (Å²) in [4.78, 5) is 11.1. The van der Waals surface area contributed by atoms with Gasteiger partial charge in [0.25, 0.3) is 0 Å². The molecule has 0 unspecified atom stereocenters. The second-order valence-corrected chi connectivity index (χ2v) is 2.82. The SMILES string of the molecule is CNC(=O)[C@@H]1CNC[C@H]1CO.Cl. The van der Waals surface area contributed by atoms with Gasteiger partial charge in [0.1, 0.15) is 0 Å². The number of amides is 1. The Morgan fingerprint density at radius 1 is 1.67 bits per heavy atom. The molecular formula is C7H15ClN2O2. The van der Waals surface area contributed by atoms with Crippen molar-refractivity contribution >= 4 is 18.3 Å². The van der Waals surface area contributed by atoms with Gasteiger partial charge in [-0.2, -0.15) is 0 Å². The fraction of sp³-hybridized carbons (Fsp3) is 0.857. The third-order valence-corrected chi connectivity index (χ3v) is 2.16. The fourth-order valence-electron chi connectivity index (χ4n) is 1.42. The lowest BCUT2D eigenvalue weighted by molar-refractivity contribution is -0.125. The lowest BCUT2D eigenvalue weighted by atomic mass is 9.96. The molecule has 0 aromatic heterocycles. The first-order valence-electron chi connectivity index (χ1n) is 3.82. The van der Waals surface area contributed by atoms with E-state index < -0.39 is 0 Å². The molecular weight excluding hydrogens is 180 g/mol. The molecule has 1 rings (SSSR count). The topological polar surface area (TPSA) is 61.4 Å². The van der Waals surface area contributed by atoms with Crippen LogP contribution < -0.4 is 10.6 Å². The number of hydrogen-bond acceptors (Lipinski definition) is 3. The van der Waals surface area contributed by atoms with Gasteiger partial charge in [0.05, 0.1) is 5.92 Å². The van der Waals surface area contributed by atoms with Crippen molar-refractivity contribution in [1.29, 1.82) is 0 Å². The van der Waals surface area contributed by atoms with Crippen LogP contribution in [0.25, 0.3) is 0 Å². The van der Waals surface area contributed by atoms with Crippen LogP contribution in [0.1, 0.15) is 0 Å². The summed E-state index contributed by atoms with van der Waals surface area (Å²) < 4.78 is 0. The van der Waals surface area contributed by atoms with Gasteiger partial charge < -0.3 is 15.7 Å². The molecule has 0 aromatic rings. The Morgan fingerprint density at radius 3 is 2.83 bits per heavy atom. The number of aliphatic hydroxyl groups is 1. The highest BCUT2D eigenvalue weighted by molar-refractivity contribution is 5.85. The van der Waals surface area contributed by atoms with Crippen molar-refractivity contribution in [3.05, 3.63) is 0 Å². The maximum atomic E-state index is 11.1. The molecule has 4 nitrogen and oxygen atoms in total. The number of nitrogens with one attached hydrogen (secondary N) is 2. The van der Waals surface area contributed by atoms with Crippen molar-refractivity contribution in [2.75, 3.05) is 26.7 Å². The maximum Gasteiger partial charge on any atom is 0.224 e. The smallest absolute Gasteiger partial charge is 0.224 e. The zero-order valence-corrected chi connectivity index (χ0v) is 7.86. The van der Waals surface area contributed by atoms with Crippen LogP contribution in [0.15, 0.2) is 0 Å². The van der Waals surface area contributed by atoms with E-state index in [4.69, 9.17) is 5.11 Å². The first-order chi connectivity index (χ1) is 5.29. The van der Waals surface area contributed by atoms with E-state index in [1.165, 1.54) is 0 Å². The van der Waals surface area contributed by atoms with Crippen LogP contribution in [-0.4, -0.2) is 37.8 Å². The molecule has 5 heteroatoms. The first kappa shape index (κ1) is 11.7. The number of halogens is 1. The molecule has 1 heterocycles. The average Bonchev–Trinajstić information content (AvgIpc) is 2.50. The van der Waals surface area contributed by atoms with E-state index in [1.807, 2.05) is 0 Å². The number of carbonyl (C=O) groups is 1. The van der Waals surface area contributed by atoms with Crippen molar-refractivity contribution in [3.63, 3.8) is 0 Å². The van der Waals surface area contributed by atoms with E-state index >= 15 is 0 Å². The number of rotatable bonds is 2. The van der Waals surface area contributed by atoms with Gasteiger partial charge in [0, 0.05) is 32.7 Å². The summed E-state index contributed by atoms with van der Waals surface area (Å²) in [5, 5.41) is 14.5. The lowest BCUT2D eigenvalue weighted by Crippen LogP contribution is -2.33. The highest BCUT2D eigenvalue weighted by Gasteiger charge is 2.31. The van der Waals surface area contributed by atoms with E-state index in [1.54, 1.807) is 7.05 Å². The summed E-state index contributed by atoms with van der Waals surface area (Å²) in [5.74, 6) is 0.0639. The Kier molecular flexibility index (Phi) is 5.20. The Balaban J connectivity index is 0.00000121. The van der Waals surface area contributed by atoms with Crippen LogP contribution in [0.3, 0.4) is 0 Å². The molecule has 1 aliphatic heterocycles. The Bertz CT molecular complexity index is 154. The van der Waals surface area contributed by atoms with Crippen molar-refractivity contribution < 1.29 is 9.90 Å². The summed E-state index contributed by atoms with van der Waals surface area (Å²) in [6, 6.07) is 0. The third kappa shape index (κ3) is 2.33. The monoisotopic (exact) mass is 194 g/mol. The minimum atomic E-state index is -0.0509. The standard InChI is InChI=1S/C7H14N2O2.ClH/c1-8-7(11)6-3-9-2-5(6)4-10;/h5-6,9-10H,2-4H2,1H3,(H,8,11);1H/t5-,6+;/m0./s1. The molecule has 1 amide bonds. The second-order valence-electron chi connectivity index (χ2n) is 2.82. The van der Waals surface area contributed by atoms with Gasteiger partial charge in [-0.3, -0.25) is 4.79 Å². The van der Waals surface area contributed by atoms with Crippen molar-refractivity contribution in [1.82, 2.24) is 10.6 Å². The van der Waals surface area contributed by atoms with Crippen LogP contribution in [0.4, 0.5) is 0 Å². The Hall–Kier alpha value is -0.320. The molecule has 3 N–H and O–H groups in total. The quantitative estimate of drug-likeness (QED) is 0.528. The van der Waals surface area contributed by atoms with Gasteiger partial charge in [-0.05, 0) is 0 Å². The molecule has 1 fully saturated rings. The Labute approximate surface area is 78.1 Å². The minimum absolute atomic E-state index is 0. The molecule has 1 aliphatic rings. The van der Waals surface area contributed by atoms with Gasteiger partial charge in [-0.25, -0.2) is 0 Å². The van der Waals surface area contributed by atoms with Crippen molar-refractivity contribution in [2.24, 2.45) is 11.8 Å².